The Labute approximate surface area is 105 Å². The molecule has 0 aliphatic carbocycles. The molecule has 6 heteroatoms. The van der Waals surface area contributed by atoms with Gasteiger partial charge in [0.1, 0.15) is 0 Å². The average molecular weight is 261 g/mol. The van der Waals surface area contributed by atoms with Crippen LogP contribution in [0.5, 0.6) is 0 Å². The summed E-state index contributed by atoms with van der Waals surface area (Å²) in [5.74, 6) is 0.430. The molecular formula is C12H18F3N3. The van der Waals surface area contributed by atoms with E-state index >= 15 is 0 Å². The van der Waals surface area contributed by atoms with Gasteiger partial charge in [-0.15, -0.1) is 0 Å². The van der Waals surface area contributed by atoms with Crippen molar-refractivity contribution >= 4 is 11.5 Å². The van der Waals surface area contributed by atoms with Crippen LogP contribution in [0.3, 0.4) is 0 Å². The molecule has 0 radical (unpaired) electrons. The lowest BCUT2D eigenvalue weighted by atomic mass is 10.2. The second-order valence-corrected chi connectivity index (χ2v) is 4.07. The number of anilines is 2. The van der Waals surface area contributed by atoms with E-state index in [-0.39, 0.29) is 5.69 Å². The van der Waals surface area contributed by atoms with Crippen molar-refractivity contribution in [3.63, 3.8) is 0 Å². The zero-order valence-electron chi connectivity index (χ0n) is 10.6. The number of pyridine rings is 1. The van der Waals surface area contributed by atoms with Crippen LogP contribution in [0.15, 0.2) is 12.3 Å². The third-order valence-electron chi connectivity index (χ3n) is 2.69. The Morgan fingerprint density at radius 3 is 2.44 bits per heavy atom. The summed E-state index contributed by atoms with van der Waals surface area (Å²) in [5, 5.41) is 0. The minimum absolute atomic E-state index is 0.0720. The summed E-state index contributed by atoms with van der Waals surface area (Å²) >= 11 is 0. The molecule has 0 aliphatic rings. The number of nitrogens with zero attached hydrogens (tertiary/aromatic N) is 2. The van der Waals surface area contributed by atoms with Crippen LogP contribution in [0, 0.1) is 0 Å². The minimum Gasteiger partial charge on any atom is -0.396 e. The average Bonchev–Trinajstić information content (AvgIpc) is 2.30. The molecular weight excluding hydrogens is 243 g/mol. The lowest BCUT2D eigenvalue weighted by Crippen LogP contribution is -2.26. The molecule has 102 valence electrons. The highest BCUT2D eigenvalue weighted by molar-refractivity contribution is 5.63. The quantitative estimate of drug-likeness (QED) is 0.884. The summed E-state index contributed by atoms with van der Waals surface area (Å²) in [6.07, 6.45) is -1.60. The van der Waals surface area contributed by atoms with Crippen LogP contribution in [0.25, 0.3) is 0 Å². The molecule has 1 heterocycles. The first kappa shape index (κ1) is 14.6. The topological polar surface area (TPSA) is 42.2 Å². The molecule has 1 aromatic heterocycles. The molecule has 0 fully saturated rings. The monoisotopic (exact) mass is 261 g/mol. The Morgan fingerprint density at radius 1 is 1.33 bits per heavy atom. The van der Waals surface area contributed by atoms with Gasteiger partial charge >= 0.3 is 6.18 Å². The zero-order valence-corrected chi connectivity index (χ0v) is 10.6. The van der Waals surface area contributed by atoms with Gasteiger partial charge < -0.3 is 10.6 Å². The maximum Gasteiger partial charge on any atom is 0.417 e. The maximum absolute atomic E-state index is 12.5. The molecule has 1 aromatic rings. The summed E-state index contributed by atoms with van der Waals surface area (Å²) in [4.78, 5) is 5.74. The van der Waals surface area contributed by atoms with Crippen molar-refractivity contribution in [1.82, 2.24) is 4.98 Å². The summed E-state index contributed by atoms with van der Waals surface area (Å²) in [6, 6.07) is 0.941. The number of unbranched alkanes of at least 4 members (excludes halogenated alkanes) is 1. The molecule has 0 saturated heterocycles. The molecule has 0 bridgehead atoms. The SMILES string of the molecule is CCCCN(CC)c1ncc(C(F)(F)F)cc1N. The van der Waals surface area contributed by atoms with Crippen molar-refractivity contribution < 1.29 is 13.2 Å². The Hall–Kier alpha value is -1.46. The number of halogens is 3. The summed E-state index contributed by atoms with van der Waals surface area (Å²) < 4.78 is 37.4. The van der Waals surface area contributed by atoms with E-state index in [1.165, 1.54) is 0 Å². The molecule has 0 spiro atoms. The number of alkyl halides is 3. The van der Waals surface area contributed by atoms with Gasteiger partial charge in [0.05, 0.1) is 11.3 Å². The van der Waals surface area contributed by atoms with Crippen molar-refractivity contribution in [2.45, 2.75) is 32.9 Å². The third kappa shape index (κ3) is 3.51. The largest absolute Gasteiger partial charge is 0.417 e. The smallest absolute Gasteiger partial charge is 0.396 e. The van der Waals surface area contributed by atoms with E-state index < -0.39 is 11.7 Å². The van der Waals surface area contributed by atoms with E-state index in [0.717, 1.165) is 31.6 Å². The van der Waals surface area contributed by atoms with Gasteiger partial charge in [0, 0.05) is 19.3 Å². The second-order valence-electron chi connectivity index (χ2n) is 4.07. The number of rotatable bonds is 5. The Kier molecular flexibility index (Phi) is 4.81. The Morgan fingerprint density at radius 2 is 2.00 bits per heavy atom. The second kappa shape index (κ2) is 5.93. The van der Waals surface area contributed by atoms with Crippen LogP contribution in [0.2, 0.25) is 0 Å². The normalized spacial score (nSPS) is 11.6. The highest BCUT2D eigenvalue weighted by Gasteiger charge is 2.31. The lowest BCUT2D eigenvalue weighted by Gasteiger charge is -2.23. The van der Waals surface area contributed by atoms with Gasteiger partial charge in [0.15, 0.2) is 5.82 Å². The molecule has 0 amide bonds. The minimum atomic E-state index is -4.40. The molecule has 1 rings (SSSR count). The molecule has 0 unspecified atom stereocenters. The fourth-order valence-electron chi connectivity index (χ4n) is 1.66. The number of hydrogen-bond acceptors (Lipinski definition) is 3. The van der Waals surface area contributed by atoms with Gasteiger partial charge in [-0.2, -0.15) is 13.2 Å². The maximum atomic E-state index is 12.5. The first-order chi connectivity index (χ1) is 8.40. The van der Waals surface area contributed by atoms with Gasteiger partial charge in [-0.05, 0) is 19.4 Å². The molecule has 3 nitrogen and oxygen atoms in total. The van der Waals surface area contributed by atoms with Gasteiger partial charge in [-0.1, -0.05) is 13.3 Å². The highest BCUT2D eigenvalue weighted by atomic mass is 19.4. The first-order valence-corrected chi connectivity index (χ1v) is 5.97. The highest BCUT2D eigenvalue weighted by Crippen LogP contribution is 2.32. The number of nitrogen functional groups attached to an aromatic ring is 1. The fourth-order valence-corrected chi connectivity index (χ4v) is 1.66. The Balaban J connectivity index is 2.96. The molecule has 18 heavy (non-hydrogen) atoms. The van der Waals surface area contributed by atoms with Crippen molar-refractivity contribution in [3.05, 3.63) is 17.8 Å². The summed E-state index contributed by atoms with van der Waals surface area (Å²) in [7, 11) is 0. The van der Waals surface area contributed by atoms with Crippen molar-refractivity contribution in [1.29, 1.82) is 0 Å². The molecule has 0 aliphatic heterocycles. The van der Waals surface area contributed by atoms with Crippen LogP contribution >= 0.6 is 0 Å². The molecule has 0 saturated carbocycles. The fraction of sp³-hybridized carbons (Fsp3) is 0.583. The summed E-state index contributed by atoms with van der Waals surface area (Å²) in [5.41, 5.74) is 4.92. The van der Waals surface area contributed by atoms with Crippen LogP contribution < -0.4 is 10.6 Å². The molecule has 0 atom stereocenters. The number of nitrogens with two attached hydrogens (primary N) is 1. The predicted octanol–water partition coefficient (Wildman–Crippen LogP) is 3.31. The lowest BCUT2D eigenvalue weighted by molar-refractivity contribution is -0.137. The van der Waals surface area contributed by atoms with Crippen LogP contribution in [0.4, 0.5) is 24.7 Å². The number of aromatic nitrogens is 1. The predicted molar refractivity (Wildman–Crippen MR) is 66.4 cm³/mol. The van der Waals surface area contributed by atoms with E-state index in [1.807, 2.05) is 11.8 Å². The van der Waals surface area contributed by atoms with Crippen LogP contribution in [-0.4, -0.2) is 18.1 Å². The van der Waals surface area contributed by atoms with Gasteiger partial charge in [0.2, 0.25) is 0 Å². The van der Waals surface area contributed by atoms with E-state index in [1.54, 1.807) is 0 Å². The van der Waals surface area contributed by atoms with E-state index in [9.17, 15) is 13.2 Å². The third-order valence-corrected chi connectivity index (χ3v) is 2.69. The molecule has 2 N–H and O–H groups in total. The number of hydrogen-bond donors (Lipinski definition) is 1. The van der Waals surface area contributed by atoms with Gasteiger partial charge in [-0.3, -0.25) is 0 Å². The van der Waals surface area contributed by atoms with Crippen molar-refractivity contribution in [2.75, 3.05) is 23.7 Å². The van der Waals surface area contributed by atoms with Crippen molar-refractivity contribution in [2.24, 2.45) is 0 Å². The van der Waals surface area contributed by atoms with Crippen LogP contribution in [0.1, 0.15) is 32.3 Å². The Bertz CT molecular complexity index is 391. The van der Waals surface area contributed by atoms with E-state index in [0.29, 0.717) is 12.4 Å². The zero-order chi connectivity index (χ0) is 13.8. The first-order valence-electron chi connectivity index (χ1n) is 5.97. The van der Waals surface area contributed by atoms with Gasteiger partial charge in [0.25, 0.3) is 0 Å². The molecule has 0 aromatic carbocycles. The standard InChI is InChI=1S/C12H18F3N3/c1-3-5-6-18(4-2)11-10(16)7-9(8-17-11)12(13,14)15/h7-8H,3-6,16H2,1-2H3. The van der Waals surface area contributed by atoms with Gasteiger partial charge in [-0.25, -0.2) is 4.98 Å². The van der Waals surface area contributed by atoms with Crippen LogP contribution in [-0.2, 0) is 6.18 Å². The summed E-state index contributed by atoms with van der Waals surface area (Å²) in [6.45, 7) is 5.39. The van der Waals surface area contributed by atoms with Crippen molar-refractivity contribution in [3.8, 4) is 0 Å². The van der Waals surface area contributed by atoms with E-state index in [2.05, 4.69) is 11.9 Å². The van der Waals surface area contributed by atoms with E-state index in [4.69, 9.17) is 5.73 Å².